The van der Waals surface area contributed by atoms with E-state index in [2.05, 4.69) is 25.1 Å². The topological polar surface area (TPSA) is 9.23 Å². The smallest absolute Gasteiger partial charge is 0.129 e. The summed E-state index contributed by atoms with van der Waals surface area (Å²) in [5.41, 5.74) is 1.86. The van der Waals surface area contributed by atoms with Crippen LogP contribution < -0.4 is 0 Å². The van der Waals surface area contributed by atoms with E-state index in [0.29, 0.717) is 18.1 Å². The van der Waals surface area contributed by atoms with Crippen molar-refractivity contribution in [1.29, 1.82) is 0 Å². The standard InChI is InChI=1S/C27H41FO/c1-3-4-5-6-21-7-9-22(10-8-21)11-12-23-13-15-24(16-14-23)25-17-18-26(20-29-2)27(28)19-25/h5-6,17-19,21-24H,3-4,7-16,20H2,1-2H3/b6-5+. The van der Waals surface area contributed by atoms with Crippen LogP contribution in [0.15, 0.2) is 30.4 Å². The van der Waals surface area contributed by atoms with Crippen LogP contribution >= 0.6 is 0 Å². The van der Waals surface area contributed by atoms with E-state index in [9.17, 15) is 4.39 Å². The summed E-state index contributed by atoms with van der Waals surface area (Å²) >= 11 is 0. The summed E-state index contributed by atoms with van der Waals surface area (Å²) in [6.07, 6.45) is 21.0. The first-order valence-electron chi connectivity index (χ1n) is 12.1. The van der Waals surface area contributed by atoms with Crippen LogP contribution in [0.5, 0.6) is 0 Å². The molecule has 0 heterocycles. The van der Waals surface area contributed by atoms with Gasteiger partial charge in [0.15, 0.2) is 0 Å². The van der Waals surface area contributed by atoms with Crippen molar-refractivity contribution < 1.29 is 9.13 Å². The van der Waals surface area contributed by atoms with Crippen molar-refractivity contribution in [3.8, 4) is 0 Å². The van der Waals surface area contributed by atoms with E-state index in [1.54, 1.807) is 13.2 Å². The predicted molar refractivity (Wildman–Crippen MR) is 121 cm³/mol. The summed E-state index contributed by atoms with van der Waals surface area (Å²) in [7, 11) is 1.62. The molecule has 0 N–H and O–H groups in total. The molecule has 2 fully saturated rings. The summed E-state index contributed by atoms with van der Waals surface area (Å²) < 4.78 is 19.3. The van der Waals surface area contributed by atoms with E-state index in [4.69, 9.17) is 4.74 Å². The molecule has 2 heteroatoms. The third-order valence-corrected chi connectivity index (χ3v) is 7.43. The van der Waals surface area contributed by atoms with Crippen molar-refractivity contribution in [1.82, 2.24) is 0 Å². The van der Waals surface area contributed by atoms with E-state index in [1.165, 1.54) is 82.6 Å². The summed E-state index contributed by atoms with van der Waals surface area (Å²) in [6.45, 7) is 2.61. The minimum atomic E-state index is -0.105. The number of hydrogen-bond donors (Lipinski definition) is 0. The molecule has 0 bridgehead atoms. The first kappa shape index (κ1) is 22.5. The maximum atomic E-state index is 14.2. The van der Waals surface area contributed by atoms with Gasteiger partial charge >= 0.3 is 0 Å². The van der Waals surface area contributed by atoms with Gasteiger partial charge < -0.3 is 4.74 Å². The van der Waals surface area contributed by atoms with Crippen molar-refractivity contribution >= 4 is 0 Å². The third-order valence-electron chi connectivity index (χ3n) is 7.43. The Morgan fingerprint density at radius 1 is 0.966 bits per heavy atom. The molecule has 0 atom stereocenters. The van der Waals surface area contributed by atoms with Crippen molar-refractivity contribution in [3.63, 3.8) is 0 Å². The zero-order chi connectivity index (χ0) is 20.5. The first-order valence-corrected chi connectivity index (χ1v) is 12.1. The highest BCUT2D eigenvalue weighted by Crippen LogP contribution is 2.40. The molecule has 0 aromatic heterocycles. The lowest BCUT2D eigenvalue weighted by Crippen LogP contribution is -2.17. The second-order valence-electron chi connectivity index (χ2n) is 9.58. The summed E-state index contributed by atoms with van der Waals surface area (Å²) in [5, 5.41) is 0. The van der Waals surface area contributed by atoms with Gasteiger partial charge in [-0.2, -0.15) is 0 Å². The largest absolute Gasteiger partial charge is 0.380 e. The van der Waals surface area contributed by atoms with Gasteiger partial charge in [0, 0.05) is 12.7 Å². The van der Waals surface area contributed by atoms with Crippen molar-refractivity contribution in [2.24, 2.45) is 17.8 Å². The number of methoxy groups -OCH3 is 1. The molecule has 0 aliphatic heterocycles. The molecule has 0 unspecified atom stereocenters. The number of unbranched alkanes of at least 4 members (excludes halogenated alkanes) is 1. The monoisotopic (exact) mass is 400 g/mol. The Morgan fingerprint density at radius 3 is 2.21 bits per heavy atom. The highest BCUT2D eigenvalue weighted by molar-refractivity contribution is 5.27. The van der Waals surface area contributed by atoms with Crippen LogP contribution in [-0.4, -0.2) is 7.11 Å². The van der Waals surface area contributed by atoms with Gasteiger partial charge in [0.25, 0.3) is 0 Å². The fourth-order valence-corrected chi connectivity index (χ4v) is 5.47. The number of hydrogen-bond acceptors (Lipinski definition) is 1. The zero-order valence-electron chi connectivity index (χ0n) is 18.7. The van der Waals surface area contributed by atoms with E-state index >= 15 is 0 Å². The molecule has 2 saturated carbocycles. The average molecular weight is 401 g/mol. The molecule has 1 nitrogen and oxygen atoms in total. The molecule has 162 valence electrons. The maximum Gasteiger partial charge on any atom is 0.129 e. The molecule has 0 saturated heterocycles. The lowest BCUT2D eigenvalue weighted by Gasteiger charge is -2.31. The molecule has 1 aromatic rings. The molecule has 0 radical (unpaired) electrons. The molecule has 0 spiro atoms. The highest BCUT2D eigenvalue weighted by Gasteiger charge is 2.25. The van der Waals surface area contributed by atoms with E-state index in [0.717, 1.165) is 17.8 Å². The molecule has 29 heavy (non-hydrogen) atoms. The molecule has 1 aromatic carbocycles. The van der Waals surface area contributed by atoms with Crippen LogP contribution in [0, 0.1) is 23.6 Å². The maximum absolute atomic E-state index is 14.2. The van der Waals surface area contributed by atoms with E-state index < -0.39 is 0 Å². The van der Waals surface area contributed by atoms with E-state index in [1.807, 2.05) is 6.07 Å². The van der Waals surface area contributed by atoms with Crippen molar-refractivity contribution in [2.45, 2.75) is 96.5 Å². The molecule has 2 aliphatic carbocycles. The Labute approximate surface area is 178 Å². The fourth-order valence-electron chi connectivity index (χ4n) is 5.47. The summed E-state index contributed by atoms with van der Waals surface area (Å²) in [4.78, 5) is 0. The molecule has 2 aliphatic rings. The number of halogens is 1. The Hall–Kier alpha value is -1.15. The van der Waals surface area contributed by atoms with Gasteiger partial charge in [-0.1, -0.05) is 50.5 Å². The SMILES string of the molecule is CCC/C=C/C1CCC(CCC2CCC(c3ccc(COC)c(F)c3)CC2)CC1. The molecule has 0 amide bonds. The van der Waals surface area contributed by atoms with Crippen molar-refractivity contribution in [3.05, 3.63) is 47.3 Å². The quantitative estimate of drug-likeness (QED) is 0.380. The lowest BCUT2D eigenvalue weighted by atomic mass is 9.74. The van der Waals surface area contributed by atoms with Crippen LogP contribution in [0.3, 0.4) is 0 Å². The average Bonchev–Trinajstić information content (AvgIpc) is 2.75. The second kappa shape index (κ2) is 11.9. The van der Waals surface area contributed by atoms with Gasteiger partial charge in [-0.3, -0.25) is 0 Å². The van der Waals surface area contributed by atoms with Gasteiger partial charge in [0.2, 0.25) is 0 Å². The Bertz CT molecular complexity index is 621. The van der Waals surface area contributed by atoms with Gasteiger partial charge in [0.1, 0.15) is 5.82 Å². The molecular formula is C27H41FO. The summed E-state index contributed by atoms with van der Waals surface area (Å²) in [6, 6.07) is 5.79. The van der Waals surface area contributed by atoms with Gasteiger partial charge in [-0.15, -0.1) is 0 Å². The van der Waals surface area contributed by atoms with Crippen LogP contribution in [0.4, 0.5) is 4.39 Å². The van der Waals surface area contributed by atoms with Crippen LogP contribution in [0.1, 0.15) is 101 Å². The third kappa shape index (κ3) is 6.95. The number of allylic oxidation sites excluding steroid dienone is 2. The van der Waals surface area contributed by atoms with Gasteiger partial charge in [-0.05, 0) is 93.1 Å². The number of ether oxygens (including phenoxy) is 1. The summed E-state index contributed by atoms with van der Waals surface area (Å²) in [5.74, 6) is 3.15. The minimum Gasteiger partial charge on any atom is -0.380 e. The Balaban J connectivity index is 1.36. The van der Waals surface area contributed by atoms with Gasteiger partial charge in [0.05, 0.1) is 6.61 Å². The second-order valence-corrected chi connectivity index (χ2v) is 9.58. The molecule has 3 rings (SSSR count). The fraction of sp³-hybridized carbons (Fsp3) is 0.704. The Morgan fingerprint density at radius 2 is 1.62 bits per heavy atom. The first-order chi connectivity index (χ1) is 14.2. The zero-order valence-corrected chi connectivity index (χ0v) is 18.7. The number of rotatable bonds is 9. The minimum absolute atomic E-state index is 0.105. The normalized spacial score (nSPS) is 28.1. The number of benzene rings is 1. The van der Waals surface area contributed by atoms with E-state index in [-0.39, 0.29) is 5.82 Å². The lowest BCUT2D eigenvalue weighted by molar-refractivity contribution is 0.181. The van der Waals surface area contributed by atoms with Crippen LogP contribution in [-0.2, 0) is 11.3 Å². The van der Waals surface area contributed by atoms with Crippen LogP contribution in [0.2, 0.25) is 0 Å². The molecular weight excluding hydrogens is 359 g/mol. The van der Waals surface area contributed by atoms with Crippen LogP contribution in [0.25, 0.3) is 0 Å². The Kier molecular flexibility index (Phi) is 9.24. The van der Waals surface area contributed by atoms with Crippen molar-refractivity contribution in [2.75, 3.05) is 7.11 Å². The highest BCUT2D eigenvalue weighted by atomic mass is 19.1. The predicted octanol–water partition coefficient (Wildman–Crippen LogP) is 8.19. The van der Waals surface area contributed by atoms with Gasteiger partial charge in [-0.25, -0.2) is 4.39 Å².